The van der Waals surface area contributed by atoms with Crippen molar-refractivity contribution in [2.24, 2.45) is 0 Å². The van der Waals surface area contributed by atoms with E-state index in [0.717, 1.165) is 19.3 Å². The van der Waals surface area contributed by atoms with E-state index < -0.39 is 30.4 Å². The molecule has 0 rings (SSSR count). The van der Waals surface area contributed by atoms with Crippen LogP contribution >= 0.6 is 0 Å². The topological polar surface area (TPSA) is 101 Å². The Kier molecular flexibility index (Phi) is 21.2. The summed E-state index contributed by atoms with van der Waals surface area (Å²) in [6, 6.07) is 0. The van der Waals surface area contributed by atoms with E-state index in [1.807, 2.05) is 0 Å². The minimum absolute atomic E-state index is 0. The fourth-order valence-electron chi connectivity index (χ4n) is 2.75. The van der Waals surface area contributed by atoms with Gasteiger partial charge in [0.2, 0.25) is 0 Å². The van der Waals surface area contributed by atoms with E-state index in [0.29, 0.717) is 6.42 Å². The minimum Gasteiger partial charge on any atom is -1.00 e. The van der Waals surface area contributed by atoms with Crippen molar-refractivity contribution in [2.75, 3.05) is 0 Å². The zero-order chi connectivity index (χ0) is 19.6. The molecule has 7 heteroatoms. The number of carboxylic acid groups (broad SMARTS) is 1. The summed E-state index contributed by atoms with van der Waals surface area (Å²) in [6.45, 7) is 2.23. The van der Waals surface area contributed by atoms with Crippen LogP contribution in [0.2, 0.25) is 0 Å². The maximum absolute atomic E-state index is 11.4. The van der Waals surface area contributed by atoms with E-state index in [1.165, 1.54) is 57.8 Å². The number of ether oxygens (including phenoxy) is 1. The third-order valence-corrected chi connectivity index (χ3v) is 4.36. The van der Waals surface area contributed by atoms with Crippen molar-refractivity contribution in [3.63, 3.8) is 0 Å². The number of carbonyl (C=O) groups excluding carboxylic acids is 2. The molecular formula is C20H38MgO6. The average Bonchev–Trinajstić information content (AvgIpc) is 2.58. The molecule has 2 N–H and O–H groups in total. The molecule has 0 aromatic carbocycles. The molecule has 0 amide bonds. The Balaban J connectivity index is -0.00000104. The van der Waals surface area contributed by atoms with Gasteiger partial charge in [0, 0.05) is 6.42 Å². The quantitative estimate of drug-likeness (QED) is 0.165. The average molecular weight is 399 g/mol. The summed E-state index contributed by atoms with van der Waals surface area (Å²) >= 11 is 0. The SMILES string of the molecule is CCCCCCCCCCCCCCCC(=O)OC(=O)CC(O)C(=O)O.[H-].[H-].[Mg+2]. The Hall–Kier alpha value is -0.664. The van der Waals surface area contributed by atoms with Crippen LogP contribution in [0.4, 0.5) is 0 Å². The van der Waals surface area contributed by atoms with Crippen LogP contribution in [0, 0.1) is 0 Å². The van der Waals surface area contributed by atoms with E-state index in [2.05, 4.69) is 11.7 Å². The van der Waals surface area contributed by atoms with E-state index in [1.54, 1.807) is 0 Å². The molecule has 0 aliphatic carbocycles. The van der Waals surface area contributed by atoms with E-state index >= 15 is 0 Å². The first-order valence-corrected chi connectivity index (χ1v) is 10.1. The molecule has 0 radical (unpaired) electrons. The van der Waals surface area contributed by atoms with Crippen molar-refractivity contribution >= 4 is 41.0 Å². The molecule has 156 valence electrons. The Morgan fingerprint density at radius 3 is 1.59 bits per heavy atom. The molecule has 0 aromatic heterocycles. The molecule has 1 atom stereocenters. The van der Waals surface area contributed by atoms with Crippen molar-refractivity contribution in [1.29, 1.82) is 0 Å². The molecular weight excluding hydrogens is 361 g/mol. The number of rotatable bonds is 17. The minimum atomic E-state index is -1.83. The largest absolute Gasteiger partial charge is 2.00 e. The molecule has 0 aliphatic rings. The number of esters is 2. The molecule has 0 spiro atoms. The Morgan fingerprint density at radius 1 is 0.778 bits per heavy atom. The molecule has 27 heavy (non-hydrogen) atoms. The van der Waals surface area contributed by atoms with Crippen LogP contribution in [-0.2, 0) is 19.1 Å². The van der Waals surface area contributed by atoms with Crippen molar-refractivity contribution in [3.8, 4) is 0 Å². The smallest absolute Gasteiger partial charge is 1.00 e. The first kappa shape index (κ1) is 28.5. The Morgan fingerprint density at radius 2 is 1.19 bits per heavy atom. The Labute approximate surface area is 182 Å². The fourth-order valence-corrected chi connectivity index (χ4v) is 2.75. The standard InChI is InChI=1S/C20H36O6.Mg.2H/c1-2-3-4-5-6-7-8-9-10-11-12-13-14-15-18(22)26-19(23)16-17(21)20(24)25;;;/h17,21H,2-16H2,1H3,(H,24,25);;;/q;+2;2*-1. The monoisotopic (exact) mass is 398 g/mol. The van der Waals surface area contributed by atoms with Gasteiger partial charge >= 0.3 is 41.0 Å². The van der Waals surface area contributed by atoms with E-state index in [9.17, 15) is 14.4 Å². The summed E-state index contributed by atoms with van der Waals surface area (Å²) in [5.41, 5.74) is 0. The summed E-state index contributed by atoms with van der Waals surface area (Å²) in [4.78, 5) is 33.1. The summed E-state index contributed by atoms with van der Waals surface area (Å²) in [6.07, 6.45) is 13.3. The molecule has 0 bridgehead atoms. The second-order valence-electron chi connectivity index (χ2n) is 6.90. The number of hydrogen-bond donors (Lipinski definition) is 2. The summed E-state index contributed by atoms with van der Waals surface area (Å²) < 4.78 is 4.48. The number of aliphatic carboxylic acids is 1. The predicted octanol–water partition coefficient (Wildman–Crippen LogP) is 4.22. The van der Waals surface area contributed by atoms with Gasteiger partial charge in [-0.05, 0) is 6.42 Å². The van der Waals surface area contributed by atoms with Gasteiger partial charge in [-0.2, -0.15) is 0 Å². The van der Waals surface area contributed by atoms with Gasteiger partial charge in [0.05, 0.1) is 6.42 Å². The third-order valence-electron chi connectivity index (χ3n) is 4.36. The van der Waals surface area contributed by atoms with Gasteiger partial charge in [0.1, 0.15) is 0 Å². The van der Waals surface area contributed by atoms with Gasteiger partial charge in [-0.15, -0.1) is 0 Å². The number of hydrogen-bond acceptors (Lipinski definition) is 5. The van der Waals surface area contributed by atoms with Crippen molar-refractivity contribution in [1.82, 2.24) is 0 Å². The number of aliphatic hydroxyl groups excluding tert-OH is 1. The molecule has 0 aliphatic heterocycles. The van der Waals surface area contributed by atoms with Gasteiger partial charge in [-0.25, -0.2) is 4.79 Å². The molecule has 0 fully saturated rings. The van der Waals surface area contributed by atoms with Crippen LogP contribution < -0.4 is 0 Å². The number of aliphatic hydroxyl groups is 1. The molecule has 6 nitrogen and oxygen atoms in total. The van der Waals surface area contributed by atoms with Crippen LogP contribution in [-0.4, -0.2) is 57.3 Å². The van der Waals surface area contributed by atoms with Gasteiger partial charge in [-0.3, -0.25) is 9.59 Å². The van der Waals surface area contributed by atoms with Gasteiger partial charge in [0.15, 0.2) is 6.10 Å². The van der Waals surface area contributed by atoms with Gasteiger partial charge < -0.3 is 17.8 Å². The van der Waals surface area contributed by atoms with Crippen LogP contribution in [0.3, 0.4) is 0 Å². The van der Waals surface area contributed by atoms with Crippen LogP contribution in [0.5, 0.6) is 0 Å². The molecule has 0 saturated heterocycles. The second kappa shape index (κ2) is 20.1. The molecule has 0 saturated carbocycles. The third kappa shape index (κ3) is 19.9. The van der Waals surface area contributed by atoms with E-state index in [-0.39, 0.29) is 32.3 Å². The number of carbonyl (C=O) groups is 3. The van der Waals surface area contributed by atoms with Gasteiger partial charge in [0.25, 0.3) is 0 Å². The van der Waals surface area contributed by atoms with Gasteiger partial charge in [-0.1, -0.05) is 84.0 Å². The molecule has 0 aromatic rings. The van der Waals surface area contributed by atoms with Crippen LogP contribution in [0.15, 0.2) is 0 Å². The summed E-state index contributed by atoms with van der Waals surface area (Å²) in [7, 11) is 0. The first-order chi connectivity index (χ1) is 12.5. The van der Waals surface area contributed by atoms with Crippen LogP contribution in [0.25, 0.3) is 0 Å². The Bertz CT molecular complexity index is 410. The normalized spacial score (nSPS) is 11.5. The zero-order valence-corrected chi connectivity index (χ0v) is 18.3. The maximum atomic E-state index is 11.4. The maximum Gasteiger partial charge on any atom is 2.00 e. The fraction of sp³-hybridized carbons (Fsp3) is 0.850. The summed E-state index contributed by atoms with van der Waals surface area (Å²) in [5.74, 6) is -3.17. The second-order valence-corrected chi connectivity index (χ2v) is 6.90. The van der Waals surface area contributed by atoms with Crippen LogP contribution in [0.1, 0.15) is 106 Å². The van der Waals surface area contributed by atoms with E-state index in [4.69, 9.17) is 10.2 Å². The molecule has 0 heterocycles. The summed E-state index contributed by atoms with van der Waals surface area (Å²) in [5, 5.41) is 17.5. The van der Waals surface area contributed by atoms with Crippen molar-refractivity contribution in [2.45, 2.75) is 109 Å². The number of unbranched alkanes of at least 4 members (excludes halogenated alkanes) is 12. The van der Waals surface area contributed by atoms with Crippen molar-refractivity contribution < 1.29 is 32.2 Å². The number of carboxylic acids is 1. The zero-order valence-electron chi connectivity index (χ0n) is 18.9. The molecule has 1 unspecified atom stereocenters. The van der Waals surface area contributed by atoms with Crippen molar-refractivity contribution in [3.05, 3.63) is 0 Å². The first-order valence-electron chi connectivity index (χ1n) is 10.1. The predicted molar refractivity (Wildman–Crippen MR) is 108 cm³/mol.